The van der Waals surface area contributed by atoms with Crippen molar-refractivity contribution in [3.8, 4) is 0 Å². The van der Waals surface area contributed by atoms with Crippen LogP contribution in [0.1, 0.15) is 56.9 Å². The van der Waals surface area contributed by atoms with Gasteiger partial charge in [-0.15, -0.1) is 0 Å². The van der Waals surface area contributed by atoms with Gasteiger partial charge in [0.05, 0.1) is 10.6 Å². The van der Waals surface area contributed by atoms with E-state index >= 15 is 0 Å². The number of nitrogens with zero attached hydrogens (tertiary/aromatic N) is 1. The number of aromatic nitrogens is 1. The van der Waals surface area contributed by atoms with Gasteiger partial charge in [0.25, 0.3) is 0 Å². The summed E-state index contributed by atoms with van der Waals surface area (Å²) in [6.07, 6.45) is 0. The number of nitrogen functional groups attached to an aromatic ring is 1. The number of carbonyl (C=O) groups is 1. The van der Waals surface area contributed by atoms with Crippen LogP contribution in [0.4, 0.5) is 5.13 Å². The Kier molecular flexibility index (Phi) is 3.16. The molecule has 0 aliphatic rings. The summed E-state index contributed by atoms with van der Waals surface area (Å²) in [7, 11) is 0. The number of carbonyl (C=O) groups excluding carboxylic acids is 1. The number of anilines is 1. The number of nitrogens with two attached hydrogens (primary N) is 1. The molecule has 0 atom stereocenters. The van der Waals surface area contributed by atoms with Crippen molar-refractivity contribution in [2.75, 3.05) is 5.73 Å². The van der Waals surface area contributed by atoms with Crippen LogP contribution in [0, 0.1) is 5.41 Å². The van der Waals surface area contributed by atoms with Gasteiger partial charge in [0, 0.05) is 10.8 Å². The molecule has 1 rings (SSSR count). The molecule has 3 nitrogen and oxygen atoms in total. The largest absolute Gasteiger partial charge is 0.375 e. The SMILES string of the molecule is CC(C)(C)C(=O)c1sc(N)nc1C(C)(C)C. The van der Waals surface area contributed by atoms with Gasteiger partial charge in [-0.25, -0.2) is 4.98 Å². The minimum Gasteiger partial charge on any atom is -0.375 e. The number of thiazole rings is 1. The van der Waals surface area contributed by atoms with Gasteiger partial charge in [0.1, 0.15) is 0 Å². The van der Waals surface area contributed by atoms with Crippen LogP contribution < -0.4 is 5.73 Å². The molecule has 0 bridgehead atoms. The second-order valence-electron chi connectivity index (χ2n) is 6.06. The van der Waals surface area contributed by atoms with E-state index < -0.39 is 0 Å². The van der Waals surface area contributed by atoms with Crippen molar-refractivity contribution in [1.82, 2.24) is 4.98 Å². The maximum Gasteiger partial charge on any atom is 0.180 e. The van der Waals surface area contributed by atoms with Crippen LogP contribution in [0.2, 0.25) is 0 Å². The predicted molar refractivity (Wildman–Crippen MR) is 69.0 cm³/mol. The summed E-state index contributed by atoms with van der Waals surface area (Å²) in [5.41, 5.74) is 5.99. The van der Waals surface area contributed by atoms with E-state index in [1.807, 2.05) is 41.5 Å². The van der Waals surface area contributed by atoms with E-state index in [4.69, 9.17) is 5.73 Å². The zero-order valence-electron chi connectivity index (χ0n) is 10.8. The molecular formula is C12H20N2OS. The molecule has 0 saturated carbocycles. The Hall–Kier alpha value is -0.900. The van der Waals surface area contributed by atoms with Crippen LogP contribution in [0.15, 0.2) is 0 Å². The predicted octanol–water partition coefficient (Wildman–Crippen LogP) is 3.25. The van der Waals surface area contributed by atoms with Crippen molar-refractivity contribution >= 4 is 22.3 Å². The lowest BCUT2D eigenvalue weighted by atomic mass is 9.84. The molecule has 90 valence electrons. The third kappa shape index (κ3) is 2.61. The first kappa shape index (κ1) is 13.2. The van der Waals surface area contributed by atoms with Crippen LogP contribution in [0.3, 0.4) is 0 Å². The van der Waals surface area contributed by atoms with Crippen molar-refractivity contribution in [1.29, 1.82) is 0 Å². The van der Waals surface area contributed by atoms with E-state index in [-0.39, 0.29) is 16.6 Å². The number of ketones is 1. The van der Waals surface area contributed by atoms with Gasteiger partial charge in [0.15, 0.2) is 10.9 Å². The van der Waals surface area contributed by atoms with Crippen molar-refractivity contribution in [2.24, 2.45) is 5.41 Å². The maximum absolute atomic E-state index is 12.3. The fourth-order valence-corrected chi connectivity index (χ4v) is 2.53. The van der Waals surface area contributed by atoms with E-state index in [0.29, 0.717) is 10.0 Å². The van der Waals surface area contributed by atoms with Crippen LogP contribution in [0.25, 0.3) is 0 Å². The summed E-state index contributed by atoms with van der Waals surface area (Å²) >= 11 is 1.29. The summed E-state index contributed by atoms with van der Waals surface area (Å²) in [6.45, 7) is 11.9. The summed E-state index contributed by atoms with van der Waals surface area (Å²) < 4.78 is 0. The van der Waals surface area contributed by atoms with Gasteiger partial charge in [-0.3, -0.25) is 4.79 Å². The topological polar surface area (TPSA) is 56.0 Å². The molecule has 0 aliphatic heterocycles. The normalized spacial score (nSPS) is 12.9. The van der Waals surface area contributed by atoms with Crippen LogP contribution >= 0.6 is 11.3 Å². The molecule has 0 radical (unpaired) electrons. The molecule has 0 amide bonds. The highest BCUT2D eigenvalue weighted by molar-refractivity contribution is 7.17. The lowest BCUT2D eigenvalue weighted by molar-refractivity contribution is 0.0860. The highest BCUT2D eigenvalue weighted by Gasteiger charge is 2.32. The maximum atomic E-state index is 12.3. The lowest BCUT2D eigenvalue weighted by Gasteiger charge is -2.21. The number of rotatable bonds is 1. The van der Waals surface area contributed by atoms with Gasteiger partial charge in [0.2, 0.25) is 0 Å². The highest BCUT2D eigenvalue weighted by Crippen LogP contribution is 2.34. The molecule has 16 heavy (non-hydrogen) atoms. The Bertz CT molecular complexity index is 408. The monoisotopic (exact) mass is 240 g/mol. The molecular weight excluding hydrogens is 220 g/mol. The van der Waals surface area contributed by atoms with E-state index in [2.05, 4.69) is 4.98 Å². The summed E-state index contributed by atoms with van der Waals surface area (Å²) in [5.74, 6) is 0.117. The standard InChI is InChI=1S/C12H20N2OS/c1-11(2,3)8-7(16-10(13)14-8)9(15)12(4,5)6/h1-6H3,(H2,13,14). The first-order valence-corrected chi connectivity index (χ1v) is 6.16. The average Bonchev–Trinajstić information content (AvgIpc) is 2.43. The fraction of sp³-hybridized carbons (Fsp3) is 0.667. The first-order valence-electron chi connectivity index (χ1n) is 5.35. The molecule has 0 aliphatic carbocycles. The Balaban J connectivity index is 3.30. The minimum atomic E-state index is -0.390. The third-order valence-electron chi connectivity index (χ3n) is 2.24. The Morgan fingerprint density at radius 3 is 2.06 bits per heavy atom. The van der Waals surface area contributed by atoms with Gasteiger partial charge < -0.3 is 5.73 Å². The second kappa shape index (κ2) is 3.84. The molecule has 0 fully saturated rings. The number of hydrogen-bond acceptors (Lipinski definition) is 4. The quantitative estimate of drug-likeness (QED) is 0.767. The van der Waals surface area contributed by atoms with Crippen molar-refractivity contribution in [3.05, 3.63) is 10.6 Å². The molecule has 1 aromatic rings. The van der Waals surface area contributed by atoms with Gasteiger partial charge >= 0.3 is 0 Å². The van der Waals surface area contributed by atoms with Gasteiger partial charge in [-0.1, -0.05) is 52.9 Å². The molecule has 0 saturated heterocycles. The molecule has 1 heterocycles. The Morgan fingerprint density at radius 2 is 1.69 bits per heavy atom. The molecule has 1 aromatic heterocycles. The lowest BCUT2D eigenvalue weighted by Crippen LogP contribution is -2.24. The van der Waals surface area contributed by atoms with E-state index in [0.717, 1.165) is 5.69 Å². The minimum absolute atomic E-state index is 0.117. The fourth-order valence-electron chi connectivity index (χ4n) is 1.34. The molecule has 0 aromatic carbocycles. The number of Topliss-reactive ketones (excluding diaryl/α,β-unsaturated/α-hetero) is 1. The van der Waals surface area contributed by atoms with Crippen molar-refractivity contribution < 1.29 is 4.79 Å². The third-order valence-corrected chi connectivity index (χ3v) is 3.12. The second-order valence-corrected chi connectivity index (χ2v) is 7.09. The van der Waals surface area contributed by atoms with Crippen molar-refractivity contribution in [2.45, 2.75) is 47.0 Å². The van der Waals surface area contributed by atoms with Crippen LogP contribution in [-0.2, 0) is 5.41 Å². The first-order chi connectivity index (χ1) is 7.03. The Labute approximate surface area is 101 Å². The van der Waals surface area contributed by atoms with Crippen LogP contribution in [-0.4, -0.2) is 10.8 Å². The van der Waals surface area contributed by atoms with Gasteiger partial charge in [-0.2, -0.15) is 0 Å². The van der Waals surface area contributed by atoms with Crippen molar-refractivity contribution in [3.63, 3.8) is 0 Å². The summed E-state index contributed by atoms with van der Waals surface area (Å²) in [6, 6.07) is 0. The van der Waals surface area contributed by atoms with E-state index in [9.17, 15) is 4.79 Å². The molecule has 0 spiro atoms. The molecule has 2 N–H and O–H groups in total. The van der Waals surface area contributed by atoms with Gasteiger partial charge in [-0.05, 0) is 0 Å². The highest BCUT2D eigenvalue weighted by atomic mass is 32.1. The average molecular weight is 240 g/mol. The summed E-state index contributed by atoms with van der Waals surface area (Å²) in [5, 5.41) is 0.470. The number of hydrogen-bond donors (Lipinski definition) is 1. The van der Waals surface area contributed by atoms with E-state index in [1.54, 1.807) is 0 Å². The molecule has 4 heteroatoms. The van der Waals surface area contributed by atoms with E-state index in [1.165, 1.54) is 11.3 Å². The zero-order chi connectivity index (χ0) is 12.7. The zero-order valence-corrected chi connectivity index (χ0v) is 11.7. The van der Waals surface area contributed by atoms with Crippen LogP contribution in [0.5, 0.6) is 0 Å². The summed E-state index contributed by atoms with van der Waals surface area (Å²) in [4.78, 5) is 17.3. The Morgan fingerprint density at radius 1 is 1.19 bits per heavy atom. The smallest absolute Gasteiger partial charge is 0.180 e. The molecule has 0 unspecified atom stereocenters.